The summed E-state index contributed by atoms with van der Waals surface area (Å²) in [7, 11) is 1.68. The first-order valence-electron chi connectivity index (χ1n) is 5.92. The zero-order valence-electron chi connectivity index (χ0n) is 11.0. The number of carboxylic acid groups (broad SMARTS) is 1. The first kappa shape index (κ1) is 15.0. The topological polar surface area (TPSA) is 90.9 Å². The molecular weight excluding hydrogens is 252 g/mol. The number of nitrogens with zero attached hydrogens (tertiary/aromatic N) is 2. The molecule has 0 amide bonds. The Morgan fingerprint density at radius 3 is 2.78 bits per heavy atom. The second kappa shape index (κ2) is 6.75. The summed E-state index contributed by atoms with van der Waals surface area (Å²) in [4.78, 5) is 15.2. The predicted octanol–water partition coefficient (Wildman–Crippen LogP) is 1.44. The van der Waals surface area contributed by atoms with Crippen molar-refractivity contribution in [3.8, 4) is 0 Å². The maximum absolute atomic E-state index is 11.0. The quantitative estimate of drug-likeness (QED) is 0.490. The van der Waals surface area contributed by atoms with Gasteiger partial charge in [0.25, 0.3) is 0 Å². The van der Waals surface area contributed by atoms with Crippen LogP contribution < -0.4 is 5.32 Å². The summed E-state index contributed by atoms with van der Waals surface area (Å²) in [5.74, 6) is 0.907. The number of hydrogen-bond acceptors (Lipinski definition) is 5. The SMILES string of the molecule is CNC(C)(CCCCSc1n[nH]c(C)n1)C(=O)O. The second-order valence-corrected chi connectivity index (χ2v) is 5.46. The number of rotatable bonds is 8. The van der Waals surface area contributed by atoms with Crippen LogP contribution in [0, 0.1) is 6.92 Å². The normalized spacial score (nSPS) is 14.4. The molecule has 0 aliphatic heterocycles. The fourth-order valence-corrected chi connectivity index (χ4v) is 2.31. The summed E-state index contributed by atoms with van der Waals surface area (Å²) in [5.41, 5.74) is -0.828. The van der Waals surface area contributed by atoms with Gasteiger partial charge >= 0.3 is 5.97 Å². The Kier molecular flexibility index (Phi) is 5.61. The van der Waals surface area contributed by atoms with E-state index in [1.165, 1.54) is 0 Å². The first-order valence-corrected chi connectivity index (χ1v) is 6.90. The van der Waals surface area contributed by atoms with Gasteiger partial charge in [-0.1, -0.05) is 18.2 Å². The third-order valence-corrected chi connectivity index (χ3v) is 3.84. The number of unbranched alkanes of at least 4 members (excludes halogenated alkanes) is 1. The summed E-state index contributed by atoms with van der Waals surface area (Å²) >= 11 is 1.59. The average molecular weight is 272 g/mol. The summed E-state index contributed by atoms with van der Waals surface area (Å²) < 4.78 is 0. The molecule has 1 heterocycles. The van der Waals surface area contributed by atoms with E-state index in [2.05, 4.69) is 20.5 Å². The largest absolute Gasteiger partial charge is 0.480 e. The molecule has 3 N–H and O–H groups in total. The summed E-state index contributed by atoms with van der Waals surface area (Å²) in [6.07, 6.45) is 2.43. The molecule has 0 aliphatic carbocycles. The molecule has 0 aliphatic rings. The number of aliphatic carboxylic acids is 1. The van der Waals surface area contributed by atoms with Gasteiger partial charge in [0.1, 0.15) is 11.4 Å². The average Bonchev–Trinajstić information content (AvgIpc) is 2.74. The van der Waals surface area contributed by atoms with Gasteiger partial charge in [-0.25, -0.2) is 4.98 Å². The minimum Gasteiger partial charge on any atom is -0.480 e. The smallest absolute Gasteiger partial charge is 0.323 e. The molecule has 7 heteroatoms. The third kappa shape index (κ3) is 4.30. The van der Waals surface area contributed by atoms with E-state index >= 15 is 0 Å². The maximum atomic E-state index is 11.0. The lowest BCUT2D eigenvalue weighted by Crippen LogP contribution is -2.47. The summed E-state index contributed by atoms with van der Waals surface area (Å²) in [6, 6.07) is 0. The molecule has 0 radical (unpaired) electrons. The Balaban J connectivity index is 2.20. The molecule has 0 saturated heterocycles. The minimum atomic E-state index is -0.828. The highest BCUT2D eigenvalue weighted by Crippen LogP contribution is 2.18. The van der Waals surface area contributed by atoms with Gasteiger partial charge in [-0.2, -0.15) is 0 Å². The van der Waals surface area contributed by atoms with Gasteiger partial charge in [0, 0.05) is 5.75 Å². The minimum absolute atomic E-state index is 0.617. The highest BCUT2D eigenvalue weighted by atomic mass is 32.2. The van der Waals surface area contributed by atoms with Crippen molar-refractivity contribution >= 4 is 17.7 Å². The molecule has 1 rings (SSSR count). The Hall–Kier alpha value is -1.08. The second-order valence-electron chi connectivity index (χ2n) is 4.40. The van der Waals surface area contributed by atoms with Gasteiger partial charge in [-0.15, -0.1) is 5.10 Å². The lowest BCUT2D eigenvalue weighted by Gasteiger charge is -2.23. The third-order valence-electron chi connectivity index (χ3n) is 2.90. The first-order chi connectivity index (χ1) is 8.48. The van der Waals surface area contributed by atoms with Crippen LogP contribution in [-0.2, 0) is 4.79 Å². The Morgan fingerprint density at radius 2 is 2.28 bits per heavy atom. The van der Waals surface area contributed by atoms with Crippen molar-refractivity contribution in [3.05, 3.63) is 5.82 Å². The standard InChI is InChI=1S/C11H20N4O2S/c1-8-13-10(15-14-8)18-7-5-4-6-11(2,12-3)9(16)17/h12H,4-7H2,1-3H3,(H,16,17)(H,13,14,15). The van der Waals surface area contributed by atoms with E-state index in [0.717, 1.165) is 29.6 Å². The molecule has 1 atom stereocenters. The molecule has 6 nitrogen and oxygen atoms in total. The lowest BCUT2D eigenvalue weighted by atomic mass is 9.95. The van der Waals surface area contributed by atoms with Crippen molar-refractivity contribution in [2.24, 2.45) is 0 Å². The van der Waals surface area contributed by atoms with Gasteiger partial charge in [0.05, 0.1) is 0 Å². The van der Waals surface area contributed by atoms with Gasteiger partial charge in [-0.05, 0) is 33.7 Å². The zero-order chi connectivity index (χ0) is 13.6. The van der Waals surface area contributed by atoms with Gasteiger partial charge in [-0.3, -0.25) is 9.89 Å². The molecule has 1 unspecified atom stereocenters. The van der Waals surface area contributed by atoms with Gasteiger partial charge in [0.15, 0.2) is 0 Å². The van der Waals surface area contributed by atoms with Crippen LogP contribution in [0.5, 0.6) is 0 Å². The van der Waals surface area contributed by atoms with Gasteiger partial charge in [0.2, 0.25) is 5.16 Å². The molecule has 0 fully saturated rings. The molecule has 0 aromatic carbocycles. The number of thioether (sulfide) groups is 1. The number of nitrogens with one attached hydrogen (secondary N) is 2. The fourth-order valence-electron chi connectivity index (χ4n) is 1.47. The van der Waals surface area contributed by atoms with Crippen LogP contribution in [0.15, 0.2) is 5.16 Å². The Morgan fingerprint density at radius 1 is 1.56 bits per heavy atom. The lowest BCUT2D eigenvalue weighted by molar-refractivity contribution is -0.144. The number of aryl methyl sites for hydroxylation is 1. The van der Waals surface area contributed by atoms with Crippen molar-refractivity contribution in [1.82, 2.24) is 20.5 Å². The Labute approximate surface area is 111 Å². The van der Waals surface area contributed by atoms with Crippen molar-refractivity contribution in [3.63, 3.8) is 0 Å². The highest BCUT2D eigenvalue weighted by molar-refractivity contribution is 7.99. The highest BCUT2D eigenvalue weighted by Gasteiger charge is 2.29. The van der Waals surface area contributed by atoms with Crippen LogP contribution in [0.1, 0.15) is 32.0 Å². The van der Waals surface area contributed by atoms with Crippen LogP contribution in [0.2, 0.25) is 0 Å². The molecule has 0 bridgehead atoms. The number of hydrogen-bond donors (Lipinski definition) is 3. The van der Waals surface area contributed by atoms with Crippen molar-refractivity contribution in [1.29, 1.82) is 0 Å². The molecular formula is C11H20N4O2S. The van der Waals surface area contributed by atoms with Crippen LogP contribution >= 0.6 is 11.8 Å². The number of likely N-dealkylation sites (N-methyl/N-ethyl adjacent to an activating group) is 1. The van der Waals surface area contributed by atoms with Crippen molar-refractivity contribution in [2.45, 2.75) is 43.8 Å². The van der Waals surface area contributed by atoms with E-state index in [9.17, 15) is 4.79 Å². The monoisotopic (exact) mass is 272 g/mol. The van der Waals surface area contributed by atoms with E-state index in [0.29, 0.717) is 6.42 Å². The molecule has 0 spiro atoms. The van der Waals surface area contributed by atoms with Crippen LogP contribution in [0.3, 0.4) is 0 Å². The van der Waals surface area contributed by atoms with Crippen molar-refractivity contribution in [2.75, 3.05) is 12.8 Å². The maximum Gasteiger partial charge on any atom is 0.323 e. The molecule has 102 valence electrons. The van der Waals surface area contributed by atoms with Crippen LogP contribution in [0.4, 0.5) is 0 Å². The van der Waals surface area contributed by atoms with Gasteiger partial charge < -0.3 is 10.4 Å². The van der Waals surface area contributed by atoms with Crippen LogP contribution in [0.25, 0.3) is 0 Å². The number of carbonyl (C=O) groups is 1. The number of aromatic amines is 1. The van der Waals surface area contributed by atoms with E-state index in [1.54, 1.807) is 25.7 Å². The number of carboxylic acids is 1. The summed E-state index contributed by atoms with van der Waals surface area (Å²) in [5, 5.41) is 19.5. The molecule has 0 saturated carbocycles. The summed E-state index contributed by atoms with van der Waals surface area (Å²) in [6.45, 7) is 3.57. The van der Waals surface area contributed by atoms with E-state index in [-0.39, 0.29) is 0 Å². The Bertz CT molecular complexity index is 396. The van der Waals surface area contributed by atoms with Crippen molar-refractivity contribution < 1.29 is 9.90 Å². The van der Waals surface area contributed by atoms with E-state index in [1.807, 2.05) is 6.92 Å². The van der Waals surface area contributed by atoms with E-state index in [4.69, 9.17) is 5.11 Å². The fraction of sp³-hybridized carbons (Fsp3) is 0.727. The molecule has 1 aromatic heterocycles. The number of H-pyrrole nitrogens is 1. The van der Waals surface area contributed by atoms with Crippen LogP contribution in [-0.4, -0.2) is 44.6 Å². The predicted molar refractivity (Wildman–Crippen MR) is 70.8 cm³/mol. The molecule has 18 heavy (non-hydrogen) atoms. The van der Waals surface area contributed by atoms with E-state index < -0.39 is 11.5 Å². The number of aromatic nitrogens is 3. The molecule has 1 aromatic rings. The zero-order valence-corrected chi connectivity index (χ0v) is 11.8.